The lowest BCUT2D eigenvalue weighted by Crippen LogP contribution is -2.43. The van der Waals surface area contributed by atoms with E-state index in [4.69, 9.17) is 9.47 Å². The number of halogens is 2. The molecule has 2 aliphatic rings. The van der Waals surface area contributed by atoms with Crippen LogP contribution in [0.3, 0.4) is 0 Å². The molecule has 0 radical (unpaired) electrons. The van der Waals surface area contributed by atoms with Gasteiger partial charge in [-0.2, -0.15) is 18.3 Å². The van der Waals surface area contributed by atoms with Gasteiger partial charge in [-0.1, -0.05) is 6.07 Å². The summed E-state index contributed by atoms with van der Waals surface area (Å²) in [4.78, 5) is 35.4. The van der Waals surface area contributed by atoms with Gasteiger partial charge < -0.3 is 14.8 Å². The molecule has 1 fully saturated rings. The minimum absolute atomic E-state index is 0.0642. The van der Waals surface area contributed by atoms with Gasteiger partial charge in [0.25, 0.3) is 0 Å². The molecule has 5 rings (SSSR count). The van der Waals surface area contributed by atoms with E-state index in [1.54, 1.807) is 52.8 Å². The lowest BCUT2D eigenvalue weighted by molar-refractivity contribution is -0.121. The van der Waals surface area contributed by atoms with E-state index in [1.807, 2.05) is 0 Å². The van der Waals surface area contributed by atoms with Crippen molar-refractivity contribution in [3.8, 4) is 0 Å². The number of anilines is 3. The third-order valence-corrected chi connectivity index (χ3v) is 6.77. The summed E-state index contributed by atoms with van der Waals surface area (Å²) in [5.74, 6) is -4.96. The van der Waals surface area contributed by atoms with Crippen molar-refractivity contribution < 1.29 is 27.8 Å². The van der Waals surface area contributed by atoms with Crippen molar-refractivity contribution in [3.05, 3.63) is 41.9 Å². The summed E-state index contributed by atoms with van der Waals surface area (Å²) >= 11 is 0. The number of benzene rings is 1. The zero-order valence-corrected chi connectivity index (χ0v) is 21.9. The van der Waals surface area contributed by atoms with Gasteiger partial charge in [0, 0.05) is 37.1 Å². The van der Waals surface area contributed by atoms with Crippen molar-refractivity contribution in [2.45, 2.75) is 64.4 Å². The lowest BCUT2D eigenvalue weighted by Gasteiger charge is -2.29. The molecule has 0 aliphatic carbocycles. The Kier molecular flexibility index (Phi) is 6.13. The van der Waals surface area contributed by atoms with Crippen LogP contribution in [-0.4, -0.2) is 50.4 Å². The zero-order chi connectivity index (χ0) is 27.5. The monoisotopic (exact) mass is 528 g/mol. The summed E-state index contributed by atoms with van der Waals surface area (Å²) in [5, 5.41) is 7.26. The standard InChI is InChI=1S/C26H30F2N6O4/c1-24(2,3)38-23(36)33-18-14-16(6-7-17(18)25(4,5)21(33)35)30-22-31-19-8-11-29-20(34(19)32-22)26(27,28)15-9-12-37-13-10-15/h6-8,11,14-15H,9-10,12-13H2,1-5H3,(H,30,32). The van der Waals surface area contributed by atoms with Gasteiger partial charge in [0.15, 0.2) is 5.65 Å². The number of alkyl halides is 2. The van der Waals surface area contributed by atoms with Crippen LogP contribution in [0.1, 0.15) is 58.8 Å². The van der Waals surface area contributed by atoms with Crippen LogP contribution >= 0.6 is 0 Å². The molecule has 0 unspecified atom stereocenters. The Labute approximate surface area is 218 Å². The van der Waals surface area contributed by atoms with Crippen LogP contribution in [0, 0.1) is 5.92 Å². The fourth-order valence-corrected chi connectivity index (χ4v) is 4.79. The Morgan fingerprint density at radius 1 is 1.18 bits per heavy atom. The first-order valence-corrected chi connectivity index (χ1v) is 12.5. The summed E-state index contributed by atoms with van der Waals surface area (Å²) in [6, 6.07) is 6.57. The van der Waals surface area contributed by atoms with Crippen LogP contribution in [-0.2, 0) is 25.6 Å². The van der Waals surface area contributed by atoms with Crippen LogP contribution in [0.5, 0.6) is 0 Å². The number of carbonyl (C=O) groups excluding carboxylic acids is 2. The number of hydrogen-bond donors (Lipinski definition) is 1. The van der Waals surface area contributed by atoms with Crippen LogP contribution in [0.2, 0.25) is 0 Å². The van der Waals surface area contributed by atoms with Gasteiger partial charge in [0.05, 0.1) is 11.1 Å². The summed E-state index contributed by atoms with van der Waals surface area (Å²) < 4.78 is 42.5. The highest BCUT2D eigenvalue weighted by molar-refractivity contribution is 6.21. The van der Waals surface area contributed by atoms with Crippen molar-refractivity contribution in [2.75, 3.05) is 23.4 Å². The van der Waals surface area contributed by atoms with Gasteiger partial charge in [-0.05, 0) is 65.2 Å². The topological polar surface area (TPSA) is 111 Å². The van der Waals surface area contributed by atoms with Crippen LogP contribution in [0.15, 0.2) is 30.5 Å². The van der Waals surface area contributed by atoms with E-state index in [2.05, 4.69) is 20.4 Å². The highest BCUT2D eigenvalue weighted by Gasteiger charge is 2.48. The molecule has 2 aromatic heterocycles. The van der Waals surface area contributed by atoms with E-state index in [9.17, 15) is 9.59 Å². The predicted molar refractivity (Wildman–Crippen MR) is 135 cm³/mol. The van der Waals surface area contributed by atoms with Crippen LogP contribution < -0.4 is 10.2 Å². The molecule has 4 heterocycles. The van der Waals surface area contributed by atoms with Crippen LogP contribution in [0.4, 0.5) is 30.9 Å². The number of nitrogens with one attached hydrogen (secondary N) is 1. The van der Waals surface area contributed by atoms with E-state index in [0.717, 1.165) is 9.42 Å². The van der Waals surface area contributed by atoms with E-state index >= 15 is 8.78 Å². The number of nitrogens with zero attached hydrogens (tertiary/aromatic N) is 5. The average Bonchev–Trinajstić information content (AvgIpc) is 3.33. The zero-order valence-electron chi connectivity index (χ0n) is 21.9. The molecule has 0 saturated carbocycles. The SMILES string of the molecule is CC(C)(C)OC(=O)N1C(=O)C(C)(C)c2ccc(Nc3nc4ccnc(C(F)(F)C5CCOCC5)n4n3)cc21. The molecule has 3 aromatic rings. The first-order chi connectivity index (χ1) is 17.8. The van der Waals surface area contributed by atoms with Crippen molar-refractivity contribution >= 4 is 35.0 Å². The van der Waals surface area contributed by atoms with Gasteiger partial charge in [-0.3, -0.25) is 4.79 Å². The number of hydrogen-bond acceptors (Lipinski definition) is 8. The third kappa shape index (κ3) is 4.46. The fraction of sp³-hybridized carbons (Fsp3) is 0.500. The second-order valence-electron chi connectivity index (χ2n) is 11.1. The van der Waals surface area contributed by atoms with Crippen LogP contribution in [0.25, 0.3) is 5.65 Å². The molecular formula is C26H30F2N6O4. The summed E-state index contributed by atoms with van der Waals surface area (Å²) in [7, 11) is 0. The number of amides is 2. The van der Waals surface area contributed by atoms with Gasteiger partial charge in [0.2, 0.25) is 17.7 Å². The van der Waals surface area contributed by atoms with E-state index in [-0.39, 0.29) is 37.7 Å². The number of aromatic nitrogens is 4. The molecule has 1 N–H and O–H groups in total. The Hall–Kier alpha value is -3.67. The first kappa shape index (κ1) is 26.0. The van der Waals surface area contributed by atoms with Crippen molar-refractivity contribution in [2.24, 2.45) is 5.92 Å². The van der Waals surface area contributed by atoms with Crippen molar-refractivity contribution in [3.63, 3.8) is 0 Å². The maximum Gasteiger partial charge on any atom is 0.421 e. The van der Waals surface area contributed by atoms with Crippen molar-refractivity contribution in [1.82, 2.24) is 19.6 Å². The maximum atomic E-state index is 15.4. The molecule has 12 heteroatoms. The largest absolute Gasteiger partial charge is 0.443 e. The fourth-order valence-electron chi connectivity index (χ4n) is 4.79. The predicted octanol–water partition coefficient (Wildman–Crippen LogP) is 4.95. The van der Waals surface area contributed by atoms with Gasteiger partial charge in [-0.15, -0.1) is 5.10 Å². The molecule has 0 atom stereocenters. The molecule has 2 aliphatic heterocycles. The molecular weight excluding hydrogens is 498 g/mol. The molecule has 1 aromatic carbocycles. The lowest BCUT2D eigenvalue weighted by atomic mass is 9.86. The quantitative estimate of drug-likeness (QED) is 0.507. The third-order valence-electron chi connectivity index (χ3n) is 6.77. The molecule has 2 amide bonds. The Bertz CT molecular complexity index is 1410. The summed E-state index contributed by atoms with van der Waals surface area (Å²) in [6.07, 6.45) is 0.966. The Balaban J connectivity index is 1.47. The number of carbonyl (C=O) groups is 2. The normalized spacial score (nSPS) is 18.1. The number of rotatable bonds is 4. The highest BCUT2D eigenvalue weighted by Crippen LogP contribution is 2.44. The average molecular weight is 529 g/mol. The van der Waals surface area contributed by atoms with E-state index in [0.29, 0.717) is 16.9 Å². The van der Waals surface area contributed by atoms with Gasteiger partial charge in [-0.25, -0.2) is 14.7 Å². The molecule has 10 nitrogen and oxygen atoms in total. The number of ether oxygens (including phenoxy) is 2. The smallest absolute Gasteiger partial charge is 0.421 e. The summed E-state index contributed by atoms with van der Waals surface area (Å²) in [6.45, 7) is 9.19. The summed E-state index contributed by atoms with van der Waals surface area (Å²) in [5.41, 5.74) is -0.0380. The molecule has 0 spiro atoms. The second-order valence-corrected chi connectivity index (χ2v) is 11.1. The minimum Gasteiger partial charge on any atom is -0.443 e. The molecule has 202 valence electrons. The van der Waals surface area contributed by atoms with Gasteiger partial charge >= 0.3 is 12.0 Å². The minimum atomic E-state index is -3.22. The number of imide groups is 1. The Morgan fingerprint density at radius 3 is 2.58 bits per heavy atom. The molecule has 0 bridgehead atoms. The molecule has 38 heavy (non-hydrogen) atoms. The maximum absolute atomic E-state index is 15.4. The number of fused-ring (bicyclic) bond motifs is 2. The van der Waals surface area contributed by atoms with E-state index < -0.39 is 40.7 Å². The first-order valence-electron chi connectivity index (χ1n) is 12.5. The second kappa shape index (κ2) is 8.97. The molecule has 1 saturated heterocycles. The highest BCUT2D eigenvalue weighted by atomic mass is 19.3. The van der Waals surface area contributed by atoms with Crippen molar-refractivity contribution in [1.29, 1.82) is 0 Å². The Morgan fingerprint density at radius 2 is 1.89 bits per heavy atom. The van der Waals surface area contributed by atoms with Gasteiger partial charge in [0.1, 0.15) is 5.60 Å². The van der Waals surface area contributed by atoms with E-state index in [1.165, 1.54) is 12.3 Å².